The number of ether oxygens (including phenoxy) is 4. The molecule has 0 unspecified atom stereocenters. The summed E-state index contributed by atoms with van der Waals surface area (Å²) >= 11 is 1.96. The van der Waals surface area contributed by atoms with Gasteiger partial charge < -0.3 is 28.8 Å². The van der Waals surface area contributed by atoms with Gasteiger partial charge in [-0.05, 0) is 6.92 Å². The van der Waals surface area contributed by atoms with Crippen molar-refractivity contribution in [1.29, 1.82) is 0 Å². The molecule has 0 saturated carbocycles. The largest absolute Gasteiger partial charge is 0.455 e. The number of rotatable bonds is 7. The van der Waals surface area contributed by atoms with Crippen LogP contribution in [0.1, 0.15) is 33.6 Å². The average molecular weight is 472 g/mol. The second-order valence-corrected chi connectivity index (χ2v) is 6.40. The number of carbonyl (C=O) groups excluding carboxylic acids is 4. The summed E-state index contributed by atoms with van der Waals surface area (Å²) in [5, 5.41) is 10.1. The van der Waals surface area contributed by atoms with Gasteiger partial charge in [0.2, 0.25) is 0 Å². The van der Waals surface area contributed by atoms with E-state index in [-0.39, 0.29) is 18.6 Å². The Hall–Kier alpha value is -1.27. The van der Waals surface area contributed by atoms with E-state index in [1.807, 2.05) is 22.6 Å². The van der Waals surface area contributed by atoms with E-state index in [1.165, 1.54) is 6.92 Å². The number of halogens is 1. The van der Waals surface area contributed by atoms with Crippen molar-refractivity contribution >= 4 is 46.3 Å². The first-order valence-electron chi connectivity index (χ1n) is 7.58. The Bertz CT molecular complexity index is 521. The first kappa shape index (κ1) is 21.8. The minimum Gasteiger partial charge on any atom is -0.455 e. The van der Waals surface area contributed by atoms with Gasteiger partial charge in [0.25, 0.3) is 0 Å². The topological polar surface area (TPSA) is 125 Å². The van der Waals surface area contributed by atoms with Crippen LogP contribution in [0.2, 0.25) is 0 Å². The van der Waals surface area contributed by atoms with Crippen LogP contribution in [-0.4, -0.2) is 63.9 Å². The molecular weight excluding hydrogens is 451 g/mol. The lowest BCUT2D eigenvalue weighted by atomic mass is 9.99. The summed E-state index contributed by atoms with van der Waals surface area (Å²) in [4.78, 5) is 45.7. The Balaban J connectivity index is 3.01. The monoisotopic (exact) mass is 472 g/mol. The SMILES string of the molecule is CC(=O)CCC(=O)O[C@H]1[C@H](OC(C)=O)[C@@H](OC(C)=O)[C@@H](O)O[C@@H]1CI. The van der Waals surface area contributed by atoms with Crippen LogP contribution in [0.4, 0.5) is 0 Å². The van der Waals surface area contributed by atoms with E-state index in [0.29, 0.717) is 4.43 Å². The van der Waals surface area contributed by atoms with E-state index in [1.54, 1.807) is 0 Å². The molecule has 0 bridgehead atoms. The van der Waals surface area contributed by atoms with Crippen LogP contribution in [0, 0.1) is 0 Å². The molecule has 25 heavy (non-hydrogen) atoms. The number of alkyl halides is 1. The zero-order valence-electron chi connectivity index (χ0n) is 14.1. The highest BCUT2D eigenvalue weighted by atomic mass is 127. The maximum Gasteiger partial charge on any atom is 0.306 e. The van der Waals surface area contributed by atoms with E-state index in [2.05, 4.69) is 0 Å². The summed E-state index contributed by atoms with van der Waals surface area (Å²) in [5.41, 5.74) is 0. The molecule has 1 fully saturated rings. The minimum atomic E-state index is -1.54. The fraction of sp³-hybridized carbons (Fsp3) is 0.733. The third-order valence-electron chi connectivity index (χ3n) is 3.31. The smallest absolute Gasteiger partial charge is 0.306 e. The number of Topliss-reactive ketones (excluding diaryl/α,β-unsaturated/α-hetero) is 1. The molecule has 0 radical (unpaired) electrons. The molecule has 0 aromatic heterocycles. The van der Waals surface area contributed by atoms with Crippen molar-refractivity contribution in [2.45, 2.75) is 64.3 Å². The number of ketones is 1. The van der Waals surface area contributed by atoms with Gasteiger partial charge in [0.1, 0.15) is 11.9 Å². The van der Waals surface area contributed by atoms with Crippen molar-refractivity contribution < 1.29 is 43.2 Å². The predicted molar refractivity (Wildman–Crippen MR) is 90.7 cm³/mol. The summed E-state index contributed by atoms with van der Waals surface area (Å²) < 4.78 is 21.1. The lowest BCUT2D eigenvalue weighted by Crippen LogP contribution is -2.61. The molecule has 1 aliphatic rings. The van der Waals surface area contributed by atoms with Crippen LogP contribution in [0.15, 0.2) is 0 Å². The number of carbonyl (C=O) groups is 4. The number of hydrogen-bond donors (Lipinski definition) is 1. The van der Waals surface area contributed by atoms with Gasteiger partial charge in [-0.15, -0.1) is 0 Å². The molecule has 0 aliphatic carbocycles. The minimum absolute atomic E-state index is 0.00947. The lowest BCUT2D eigenvalue weighted by molar-refractivity contribution is -0.287. The average Bonchev–Trinajstić information content (AvgIpc) is 2.50. The third-order valence-corrected chi connectivity index (χ3v) is 4.18. The number of hydrogen-bond acceptors (Lipinski definition) is 9. The molecule has 10 heteroatoms. The van der Waals surface area contributed by atoms with Gasteiger partial charge in [0.15, 0.2) is 24.6 Å². The predicted octanol–water partition coefficient (Wildman–Crippen LogP) is 0.283. The van der Waals surface area contributed by atoms with Crippen molar-refractivity contribution in [1.82, 2.24) is 0 Å². The standard InChI is InChI=1S/C15H21IO9/c1-7(17)4-5-11(20)25-12-10(6-16)24-15(21)14(23-9(3)19)13(12)22-8(2)18/h10,12-15,21H,4-6H2,1-3H3/t10-,12-,13+,14-,15+/m1/s1. The molecule has 0 amide bonds. The summed E-state index contributed by atoms with van der Waals surface area (Å²) in [6, 6.07) is 0. The van der Waals surface area contributed by atoms with E-state index in [9.17, 15) is 24.3 Å². The summed E-state index contributed by atoms with van der Waals surface area (Å²) in [7, 11) is 0. The van der Waals surface area contributed by atoms with Gasteiger partial charge in [-0.2, -0.15) is 0 Å². The van der Waals surface area contributed by atoms with E-state index in [0.717, 1.165) is 13.8 Å². The van der Waals surface area contributed by atoms with Crippen LogP contribution in [0.3, 0.4) is 0 Å². The Labute approximate surface area is 158 Å². The molecule has 142 valence electrons. The van der Waals surface area contributed by atoms with Gasteiger partial charge in [0, 0.05) is 24.7 Å². The van der Waals surface area contributed by atoms with E-state index < -0.39 is 48.6 Å². The molecular formula is C15H21IO9. The highest BCUT2D eigenvalue weighted by molar-refractivity contribution is 14.1. The third kappa shape index (κ3) is 6.86. The highest BCUT2D eigenvalue weighted by Crippen LogP contribution is 2.29. The zero-order valence-corrected chi connectivity index (χ0v) is 16.3. The Morgan fingerprint density at radius 1 is 0.920 bits per heavy atom. The van der Waals surface area contributed by atoms with Gasteiger partial charge in [-0.3, -0.25) is 14.4 Å². The van der Waals surface area contributed by atoms with Crippen molar-refractivity contribution in [3.8, 4) is 0 Å². The van der Waals surface area contributed by atoms with Gasteiger partial charge in [-0.25, -0.2) is 0 Å². The maximum atomic E-state index is 12.0. The van der Waals surface area contributed by atoms with Crippen LogP contribution in [0.5, 0.6) is 0 Å². The molecule has 9 nitrogen and oxygen atoms in total. The quantitative estimate of drug-likeness (QED) is 0.241. The zero-order chi connectivity index (χ0) is 19.1. The second kappa shape index (κ2) is 10.0. The molecule has 0 aromatic rings. The molecule has 1 N–H and O–H groups in total. The van der Waals surface area contributed by atoms with Crippen LogP contribution in [-0.2, 0) is 38.1 Å². The summed E-state index contributed by atoms with van der Waals surface area (Å²) in [6.07, 6.45) is -6.12. The van der Waals surface area contributed by atoms with Crippen molar-refractivity contribution in [2.75, 3.05) is 4.43 Å². The number of aliphatic hydroxyl groups excluding tert-OH is 1. The Kier molecular flexibility index (Phi) is 8.73. The molecule has 1 aliphatic heterocycles. The number of esters is 3. The molecule has 1 heterocycles. The van der Waals surface area contributed by atoms with Crippen LogP contribution in [0.25, 0.3) is 0 Å². The van der Waals surface area contributed by atoms with Gasteiger partial charge >= 0.3 is 17.9 Å². The number of aliphatic hydroxyl groups is 1. The second-order valence-electron chi connectivity index (χ2n) is 5.52. The molecule has 1 saturated heterocycles. The van der Waals surface area contributed by atoms with Gasteiger partial charge in [0.05, 0.1) is 6.42 Å². The van der Waals surface area contributed by atoms with E-state index in [4.69, 9.17) is 18.9 Å². The van der Waals surface area contributed by atoms with Crippen LogP contribution < -0.4 is 0 Å². The molecule has 1 rings (SSSR count). The van der Waals surface area contributed by atoms with Crippen molar-refractivity contribution in [3.05, 3.63) is 0 Å². The summed E-state index contributed by atoms with van der Waals surface area (Å²) in [6.45, 7) is 3.61. The van der Waals surface area contributed by atoms with E-state index >= 15 is 0 Å². The normalized spacial score (nSPS) is 28.8. The van der Waals surface area contributed by atoms with Crippen LogP contribution >= 0.6 is 22.6 Å². The fourth-order valence-corrected chi connectivity index (χ4v) is 3.00. The van der Waals surface area contributed by atoms with Crippen molar-refractivity contribution in [3.63, 3.8) is 0 Å². The molecule has 5 atom stereocenters. The first-order chi connectivity index (χ1) is 11.6. The molecule has 0 spiro atoms. The fourth-order valence-electron chi connectivity index (χ4n) is 2.29. The van der Waals surface area contributed by atoms with Gasteiger partial charge in [-0.1, -0.05) is 22.6 Å². The Morgan fingerprint density at radius 2 is 1.48 bits per heavy atom. The summed E-state index contributed by atoms with van der Waals surface area (Å²) in [5.74, 6) is -2.28. The highest BCUT2D eigenvalue weighted by Gasteiger charge is 2.51. The Morgan fingerprint density at radius 3 is 1.96 bits per heavy atom. The lowest BCUT2D eigenvalue weighted by Gasteiger charge is -2.42. The maximum absolute atomic E-state index is 12.0. The first-order valence-corrected chi connectivity index (χ1v) is 9.11. The molecule has 0 aromatic carbocycles. The van der Waals surface area contributed by atoms with Crippen molar-refractivity contribution in [2.24, 2.45) is 0 Å².